The molecule has 0 N–H and O–H groups in total. The lowest BCUT2D eigenvalue weighted by atomic mass is 9.98. The summed E-state index contributed by atoms with van der Waals surface area (Å²) in [5.74, 6) is 0. The molecule has 15 aromatic rings. The van der Waals surface area contributed by atoms with E-state index in [-0.39, 0.29) is 0 Å². The Morgan fingerprint density at radius 1 is 0.288 bits per heavy atom. The van der Waals surface area contributed by atoms with Crippen molar-refractivity contribution in [3.63, 3.8) is 0 Å². The largest absolute Gasteiger partial charge is 0.453 e. The molecule has 4 aromatic heterocycles. The van der Waals surface area contributed by atoms with Gasteiger partial charge in [-0.3, -0.25) is 0 Å². The van der Waals surface area contributed by atoms with E-state index >= 15 is 0 Å². The van der Waals surface area contributed by atoms with Gasteiger partial charge in [-0.15, -0.1) is 0 Å². The van der Waals surface area contributed by atoms with Gasteiger partial charge in [0.2, 0.25) is 0 Å². The van der Waals surface area contributed by atoms with E-state index in [4.69, 9.17) is 8.83 Å². The van der Waals surface area contributed by atoms with Gasteiger partial charge in [-0.05, 0) is 96.8 Å². The molecule has 0 saturated heterocycles. The lowest BCUT2D eigenvalue weighted by Gasteiger charge is -2.27. The van der Waals surface area contributed by atoms with Gasteiger partial charge in [-0.25, -0.2) is 0 Å². The molecule has 11 aromatic carbocycles. The lowest BCUT2D eigenvalue weighted by molar-refractivity contribution is 0.670. The van der Waals surface area contributed by atoms with Crippen molar-refractivity contribution in [3.8, 4) is 22.3 Å². The zero-order valence-electron chi connectivity index (χ0n) is 40.2. The SMILES string of the molecule is Cc1ccccc1-c1cccc2c1oc1c(N(c3ccccc3)c3cccc4c3c3cccc5c6c(N(c7ccccc7)c7cccc8c7oc7c(-c9ccccc9C)cccc78)cccc6n4c35)cccc12. The van der Waals surface area contributed by atoms with Gasteiger partial charge >= 0.3 is 0 Å². The molecule has 0 unspecified atom stereocenters. The van der Waals surface area contributed by atoms with Gasteiger partial charge < -0.3 is 23.0 Å². The quantitative estimate of drug-likeness (QED) is 0.152. The molecule has 0 aliphatic carbocycles. The predicted molar refractivity (Wildman–Crippen MR) is 305 cm³/mol. The minimum Gasteiger partial charge on any atom is -0.453 e. The third-order valence-corrected chi connectivity index (χ3v) is 15.2. The third kappa shape index (κ3) is 6.03. The Kier molecular flexibility index (Phi) is 9.02. The van der Waals surface area contributed by atoms with Crippen LogP contribution in [0.3, 0.4) is 0 Å². The molecule has 0 aliphatic heterocycles. The van der Waals surface area contributed by atoms with Crippen molar-refractivity contribution in [3.05, 3.63) is 248 Å². The highest BCUT2D eigenvalue weighted by Crippen LogP contribution is 2.52. The number of anilines is 6. The predicted octanol–water partition coefficient (Wildman–Crippen LogP) is 19.5. The Balaban J connectivity index is 0.968. The van der Waals surface area contributed by atoms with Crippen molar-refractivity contribution in [1.29, 1.82) is 0 Å². The van der Waals surface area contributed by atoms with Crippen molar-refractivity contribution in [2.75, 3.05) is 9.80 Å². The molecule has 0 bridgehead atoms. The normalized spacial score (nSPS) is 12.0. The third-order valence-electron chi connectivity index (χ3n) is 15.2. The monoisotopic (exact) mass is 935 g/mol. The second-order valence-electron chi connectivity index (χ2n) is 19.2. The van der Waals surface area contributed by atoms with Gasteiger partial charge in [-0.1, -0.05) is 176 Å². The summed E-state index contributed by atoms with van der Waals surface area (Å²) >= 11 is 0. The number of benzene rings is 11. The topological polar surface area (TPSA) is 37.2 Å². The first-order chi connectivity index (χ1) is 36.1. The molecular formula is C68H45N3O2. The Morgan fingerprint density at radius 3 is 1.08 bits per heavy atom. The molecular weight excluding hydrogens is 891 g/mol. The molecule has 73 heavy (non-hydrogen) atoms. The minimum atomic E-state index is 0.845. The highest BCUT2D eigenvalue weighted by Gasteiger charge is 2.29. The highest BCUT2D eigenvalue weighted by atomic mass is 16.3. The van der Waals surface area contributed by atoms with E-state index in [9.17, 15) is 0 Å². The van der Waals surface area contributed by atoms with Crippen LogP contribution in [0.15, 0.2) is 245 Å². The fraction of sp³-hybridized carbons (Fsp3) is 0.0294. The summed E-state index contributed by atoms with van der Waals surface area (Å²) in [6.07, 6.45) is 0. The molecule has 15 rings (SSSR count). The van der Waals surface area contributed by atoms with E-state index in [1.54, 1.807) is 0 Å². The van der Waals surface area contributed by atoms with E-state index in [0.717, 1.165) is 100 Å². The second kappa shape index (κ2) is 16.0. The van der Waals surface area contributed by atoms with Gasteiger partial charge in [0.1, 0.15) is 11.2 Å². The van der Waals surface area contributed by atoms with Gasteiger partial charge in [0, 0.05) is 65.6 Å². The highest BCUT2D eigenvalue weighted by molar-refractivity contribution is 6.29. The first-order valence-corrected chi connectivity index (χ1v) is 25.0. The number of para-hydroxylation sites is 7. The smallest absolute Gasteiger partial charge is 0.159 e. The molecule has 0 amide bonds. The standard InChI is InChI=1S/C68H45N3O2/c1-42-20-9-11-26-46(42)48-28-13-30-50-52-32-16-40-60(67(52)72-65(48)50)69(44-22-5-3-6-23-44)56-36-18-38-58-62(56)54-34-15-35-55-63-57(37-19-39-59(63)71(58)64(54)55)70(45-24-7-4-8-25-45)61-41-17-33-53-51-31-14-29-49(66(51)73-68(53)61)47-27-12-10-21-43(47)2/h3-41H,1-2H3. The van der Waals surface area contributed by atoms with Crippen molar-refractivity contribution in [2.24, 2.45) is 0 Å². The van der Waals surface area contributed by atoms with Crippen molar-refractivity contribution in [2.45, 2.75) is 13.8 Å². The Labute approximate surface area is 420 Å². The summed E-state index contributed by atoms with van der Waals surface area (Å²) in [7, 11) is 0. The van der Waals surface area contributed by atoms with E-state index in [2.05, 4.69) is 265 Å². The molecule has 0 fully saturated rings. The first-order valence-electron chi connectivity index (χ1n) is 25.0. The molecule has 0 aliphatic rings. The zero-order valence-corrected chi connectivity index (χ0v) is 40.2. The Hall–Kier alpha value is -9.58. The van der Waals surface area contributed by atoms with E-state index in [1.807, 2.05) is 0 Å². The Morgan fingerprint density at radius 2 is 0.630 bits per heavy atom. The molecule has 0 atom stereocenters. The molecule has 5 nitrogen and oxygen atoms in total. The van der Waals surface area contributed by atoms with Crippen LogP contribution in [0, 0.1) is 13.8 Å². The van der Waals surface area contributed by atoms with E-state index in [1.165, 1.54) is 49.3 Å². The Bertz CT molecular complexity index is 4370. The molecule has 0 saturated carbocycles. The molecule has 344 valence electrons. The van der Waals surface area contributed by atoms with E-state index in [0.29, 0.717) is 0 Å². The maximum atomic E-state index is 7.15. The number of aromatic nitrogens is 1. The summed E-state index contributed by atoms with van der Waals surface area (Å²) < 4.78 is 16.8. The summed E-state index contributed by atoms with van der Waals surface area (Å²) in [6.45, 7) is 4.33. The van der Waals surface area contributed by atoms with Gasteiger partial charge in [0.05, 0.1) is 39.3 Å². The fourth-order valence-electron chi connectivity index (χ4n) is 12.0. The molecule has 0 spiro atoms. The van der Waals surface area contributed by atoms with Gasteiger partial charge in [0.15, 0.2) is 11.2 Å². The fourth-order valence-corrected chi connectivity index (χ4v) is 12.0. The van der Waals surface area contributed by atoms with Crippen LogP contribution in [0.1, 0.15) is 11.1 Å². The number of furan rings is 2. The minimum absolute atomic E-state index is 0.845. The van der Waals surface area contributed by atoms with Crippen molar-refractivity contribution in [1.82, 2.24) is 4.40 Å². The van der Waals surface area contributed by atoms with Crippen LogP contribution in [-0.4, -0.2) is 4.40 Å². The van der Waals surface area contributed by atoms with Gasteiger partial charge in [0.25, 0.3) is 0 Å². The number of nitrogens with zero attached hydrogens (tertiary/aromatic N) is 3. The van der Waals surface area contributed by atoms with Crippen LogP contribution in [0.25, 0.3) is 104 Å². The van der Waals surface area contributed by atoms with Crippen molar-refractivity contribution < 1.29 is 8.83 Å². The number of hydrogen-bond donors (Lipinski definition) is 0. The van der Waals surface area contributed by atoms with Crippen LogP contribution in [-0.2, 0) is 0 Å². The summed E-state index contributed by atoms with van der Waals surface area (Å²) in [6, 6.07) is 85.0. The van der Waals surface area contributed by atoms with Crippen LogP contribution in [0.5, 0.6) is 0 Å². The second-order valence-corrected chi connectivity index (χ2v) is 19.2. The lowest BCUT2D eigenvalue weighted by Crippen LogP contribution is -2.11. The number of fused-ring (bicyclic) bond motifs is 12. The number of aryl methyl sites for hydroxylation is 2. The first kappa shape index (κ1) is 41.2. The summed E-state index contributed by atoms with van der Waals surface area (Å²) in [5.41, 5.74) is 20.1. The molecule has 0 radical (unpaired) electrons. The van der Waals surface area contributed by atoms with Crippen LogP contribution < -0.4 is 9.80 Å². The van der Waals surface area contributed by atoms with Crippen LogP contribution in [0.2, 0.25) is 0 Å². The van der Waals surface area contributed by atoms with Crippen LogP contribution >= 0.6 is 0 Å². The number of hydrogen-bond acceptors (Lipinski definition) is 4. The average Bonchev–Trinajstić information content (AvgIpc) is 4.23. The zero-order chi connectivity index (χ0) is 48.3. The molecule has 5 heteroatoms. The number of rotatable bonds is 8. The summed E-state index contributed by atoms with van der Waals surface area (Å²) in [4.78, 5) is 4.79. The van der Waals surface area contributed by atoms with Crippen LogP contribution in [0.4, 0.5) is 34.1 Å². The average molecular weight is 936 g/mol. The van der Waals surface area contributed by atoms with Gasteiger partial charge in [-0.2, -0.15) is 0 Å². The molecule has 4 heterocycles. The maximum Gasteiger partial charge on any atom is 0.159 e. The summed E-state index contributed by atoms with van der Waals surface area (Å²) in [5, 5.41) is 9.06. The van der Waals surface area contributed by atoms with Crippen molar-refractivity contribution >= 4 is 116 Å². The maximum absolute atomic E-state index is 7.15. The van der Waals surface area contributed by atoms with E-state index < -0.39 is 0 Å².